The predicted molar refractivity (Wildman–Crippen MR) is 61.8 cm³/mol. The van der Waals surface area contributed by atoms with Gasteiger partial charge in [0.1, 0.15) is 0 Å². The normalized spacial score (nSPS) is 11.8. The van der Waals surface area contributed by atoms with Crippen LogP contribution in [0, 0.1) is 0 Å². The van der Waals surface area contributed by atoms with Crippen molar-refractivity contribution in [1.82, 2.24) is 15.0 Å². The van der Waals surface area contributed by atoms with Crippen LogP contribution in [0.1, 0.15) is 5.56 Å². The molecule has 0 spiro atoms. The zero-order valence-corrected chi connectivity index (χ0v) is 11.2. The number of nitrogens with zero attached hydrogens (tertiary/aromatic N) is 3. The van der Waals surface area contributed by atoms with Gasteiger partial charge in [0, 0.05) is 8.95 Å². The van der Waals surface area contributed by atoms with E-state index in [9.17, 15) is 13.2 Å². The summed E-state index contributed by atoms with van der Waals surface area (Å²) < 4.78 is 39.6. The standard InChI is InChI=1S/C9H4Br2F3N3/c10-6-3-5(9(12,13)14)4-7(11)8(6)17-2-1-15-16-17/h1-4H. The number of rotatable bonds is 1. The van der Waals surface area contributed by atoms with Crippen LogP contribution in [-0.4, -0.2) is 15.0 Å². The van der Waals surface area contributed by atoms with Crippen LogP contribution in [0.25, 0.3) is 5.69 Å². The van der Waals surface area contributed by atoms with E-state index in [0.29, 0.717) is 5.69 Å². The van der Waals surface area contributed by atoms with E-state index in [-0.39, 0.29) is 8.95 Å². The zero-order valence-electron chi connectivity index (χ0n) is 8.04. The van der Waals surface area contributed by atoms with Gasteiger partial charge in [0.15, 0.2) is 0 Å². The number of hydrogen-bond donors (Lipinski definition) is 0. The first kappa shape index (κ1) is 12.6. The number of hydrogen-bond acceptors (Lipinski definition) is 2. The Morgan fingerprint density at radius 3 is 2.12 bits per heavy atom. The molecule has 1 heterocycles. The van der Waals surface area contributed by atoms with Gasteiger partial charge in [0.2, 0.25) is 0 Å². The van der Waals surface area contributed by atoms with E-state index in [0.717, 1.165) is 12.1 Å². The maximum atomic E-state index is 12.5. The summed E-state index contributed by atoms with van der Waals surface area (Å²) in [4.78, 5) is 0. The summed E-state index contributed by atoms with van der Waals surface area (Å²) in [5.41, 5.74) is -0.268. The molecule has 3 nitrogen and oxygen atoms in total. The molecule has 8 heteroatoms. The van der Waals surface area contributed by atoms with Gasteiger partial charge >= 0.3 is 6.18 Å². The van der Waals surface area contributed by atoms with Crippen molar-refractivity contribution < 1.29 is 13.2 Å². The second-order valence-electron chi connectivity index (χ2n) is 3.13. The van der Waals surface area contributed by atoms with Gasteiger partial charge in [-0.05, 0) is 44.0 Å². The molecule has 2 rings (SSSR count). The number of alkyl halides is 3. The molecule has 0 unspecified atom stereocenters. The van der Waals surface area contributed by atoms with Gasteiger partial charge in [0.25, 0.3) is 0 Å². The summed E-state index contributed by atoms with van der Waals surface area (Å²) in [6, 6.07) is 2.00. The topological polar surface area (TPSA) is 30.7 Å². The average molecular weight is 371 g/mol. The fourth-order valence-electron chi connectivity index (χ4n) is 1.28. The molecule has 0 aliphatic rings. The van der Waals surface area contributed by atoms with Gasteiger partial charge in [-0.15, -0.1) is 5.10 Å². The molecule has 1 aromatic heterocycles. The lowest BCUT2D eigenvalue weighted by molar-refractivity contribution is -0.137. The van der Waals surface area contributed by atoms with Crippen molar-refractivity contribution in [1.29, 1.82) is 0 Å². The van der Waals surface area contributed by atoms with Crippen LogP contribution in [0.15, 0.2) is 33.5 Å². The first-order valence-electron chi connectivity index (χ1n) is 4.32. The summed E-state index contributed by atoms with van der Waals surface area (Å²) in [6.07, 6.45) is -1.40. The molecule has 0 amide bonds. The molecule has 0 aliphatic heterocycles. The molecule has 17 heavy (non-hydrogen) atoms. The summed E-state index contributed by atoms with van der Waals surface area (Å²) in [6.45, 7) is 0. The molecular formula is C9H4Br2F3N3. The molecule has 0 radical (unpaired) electrons. The van der Waals surface area contributed by atoms with E-state index >= 15 is 0 Å². The van der Waals surface area contributed by atoms with Gasteiger partial charge < -0.3 is 0 Å². The maximum absolute atomic E-state index is 12.5. The van der Waals surface area contributed by atoms with Crippen LogP contribution in [0.5, 0.6) is 0 Å². The lowest BCUT2D eigenvalue weighted by atomic mass is 10.2. The highest BCUT2D eigenvalue weighted by molar-refractivity contribution is 9.11. The minimum atomic E-state index is -4.38. The highest BCUT2D eigenvalue weighted by Gasteiger charge is 2.32. The molecule has 0 fully saturated rings. The third-order valence-electron chi connectivity index (χ3n) is 2.00. The van der Waals surface area contributed by atoms with E-state index in [1.54, 1.807) is 0 Å². The van der Waals surface area contributed by atoms with Gasteiger partial charge in [-0.25, -0.2) is 4.68 Å². The van der Waals surface area contributed by atoms with Gasteiger partial charge in [-0.3, -0.25) is 0 Å². The van der Waals surface area contributed by atoms with Gasteiger partial charge in [-0.1, -0.05) is 5.21 Å². The van der Waals surface area contributed by atoms with E-state index in [2.05, 4.69) is 42.2 Å². The Labute approximate surface area is 111 Å². The third kappa shape index (κ3) is 2.52. The Kier molecular flexibility index (Phi) is 3.26. The van der Waals surface area contributed by atoms with Crippen LogP contribution in [0.2, 0.25) is 0 Å². The van der Waals surface area contributed by atoms with E-state index < -0.39 is 11.7 Å². The smallest absolute Gasteiger partial charge is 0.218 e. The number of aromatic nitrogens is 3. The van der Waals surface area contributed by atoms with Crippen molar-refractivity contribution in [3.05, 3.63) is 39.0 Å². The first-order valence-corrected chi connectivity index (χ1v) is 5.91. The second-order valence-corrected chi connectivity index (χ2v) is 4.84. The monoisotopic (exact) mass is 369 g/mol. The van der Waals surface area contributed by atoms with Crippen molar-refractivity contribution in [3.8, 4) is 5.69 Å². The zero-order chi connectivity index (χ0) is 12.6. The quantitative estimate of drug-likeness (QED) is 0.764. The molecule has 90 valence electrons. The van der Waals surface area contributed by atoms with Crippen LogP contribution in [-0.2, 0) is 6.18 Å². The molecule has 0 saturated heterocycles. The Balaban J connectivity index is 2.58. The van der Waals surface area contributed by atoms with Crippen molar-refractivity contribution in [2.45, 2.75) is 6.18 Å². The highest BCUT2D eigenvalue weighted by atomic mass is 79.9. The van der Waals surface area contributed by atoms with Gasteiger partial charge in [-0.2, -0.15) is 13.2 Å². The van der Waals surface area contributed by atoms with Crippen LogP contribution >= 0.6 is 31.9 Å². The first-order chi connectivity index (χ1) is 7.89. The average Bonchev–Trinajstić information content (AvgIpc) is 2.68. The maximum Gasteiger partial charge on any atom is 0.416 e. The fourth-order valence-corrected chi connectivity index (χ4v) is 2.83. The SMILES string of the molecule is FC(F)(F)c1cc(Br)c(-n2ccnn2)c(Br)c1. The largest absolute Gasteiger partial charge is 0.416 e. The molecule has 2 aromatic rings. The fraction of sp³-hybridized carbons (Fsp3) is 0.111. The van der Waals surface area contributed by atoms with Crippen LogP contribution in [0.4, 0.5) is 13.2 Å². The van der Waals surface area contributed by atoms with Crippen molar-refractivity contribution in [3.63, 3.8) is 0 Å². The molecule has 1 aromatic carbocycles. The van der Waals surface area contributed by atoms with E-state index in [1.165, 1.54) is 17.1 Å². The molecule has 0 aliphatic carbocycles. The van der Waals surface area contributed by atoms with Crippen molar-refractivity contribution in [2.24, 2.45) is 0 Å². The van der Waals surface area contributed by atoms with Gasteiger partial charge in [0.05, 0.1) is 23.6 Å². The molecule has 0 atom stereocenters. The predicted octanol–water partition coefficient (Wildman–Crippen LogP) is 3.81. The lowest BCUT2D eigenvalue weighted by Gasteiger charge is -2.12. The summed E-state index contributed by atoms with van der Waals surface area (Å²) >= 11 is 6.19. The second kappa shape index (κ2) is 4.41. The van der Waals surface area contributed by atoms with Crippen LogP contribution in [0.3, 0.4) is 0 Å². The summed E-state index contributed by atoms with van der Waals surface area (Å²) in [5.74, 6) is 0. The Morgan fingerprint density at radius 1 is 1.12 bits per heavy atom. The minimum absolute atomic E-state index is 0.282. The van der Waals surface area contributed by atoms with E-state index in [1.807, 2.05) is 0 Å². The Morgan fingerprint density at radius 2 is 1.71 bits per heavy atom. The van der Waals surface area contributed by atoms with Crippen molar-refractivity contribution in [2.75, 3.05) is 0 Å². The Bertz CT molecular complexity index is 514. The summed E-state index contributed by atoms with van der Waals surface area (Å²) in [7, 11) is 0. The van der Waals surface area contributed by atoms with Crippen molar-refractivity contribution >= 4 is 31.9 Å². The minimum Gasteiger partial charge on any atom is -0.218 e. The molecule has 0 bridgehead atoms. The molecule has 0 saturated carbocycles. The number of halogens is 5. The Hall–Kier alpha value is -0.890. The number of benzene rings is 1. The third-order valence-corrected chi connectivity index (χ3v) is 3.20. The van der Waals surface area contributed by atoms with E-state index in [4.69, 9.17) is 0 Å². The summed E-state index contributed by atoms with van der Waals surface area (Å²) in [5, 5.41) is 7.33. The molecular weight excluding hydrogens is 367 g/mol. The van der Waals surface area contributed by atoms with Crippen LogP contribution < -0.4 is 0 Å². The molecule has 0 N–H and O–H groups in total. The highest BCUT2D eigenvalue weighted by Crippen LogP contribution is 2.37. The lowest BCUT2D eigenvalue weighted by Crippen LogP contribution is -2.07.